The van der Waals surface area contributed by atoms with Gasteiger partial charge in [0.2, 0.25) is 0 Å². The first-order valence-electron chi connectivity index (χ1n) is 3.21. The van der Waals surface area contributed by atoms with Gasteiger partial charge in [0.1, 0.15) is 0 Å². The van der Waals surface area contributed by atoms with E-state index in [4.69, 9.17) is 0 Å². The molecule has 5 heteroatoms. The monoisotopic (exact) mass is 398 g/mol. The number of halogens is 3. The van der Waals surface area contributed by atoms with Crippen molar-refractivity contribution in [3.8, 4) is 0 Å². The van der Waals surface area contributed by atoms with Gasteiger partial charge in [-0.1, -0.05) is 38.8 Å². The van der Waals surface area contributed by atoms with Crippen molar-refractivity contribution in [3.63, 3.8) is 0 Å². The maximum atomic E-state index is 10.7. The Morgan fingerprint density at radius 3 is 2.55 bits per heavy atom. The molecule has 0 aliphatic carbocycles. The fourth-order valence-electron chi connectivity index (χ4n) is 0.500. The van der Waals surface area contributed by atoms with Crippen molar-refractivity contribution in [1.29, 1.82) is 0 Å². The van der Waals surface area contributed by atoms with Crippen molar-refractivity contribution >= 4 is 60.8 Å². The normalized spacial score (nSPS) is 11.3. The summed E-state index contributed by atoms with van der Waals surface area (Å²) in [5.74, 6) is -0.178. The van der Waals surface area contributed by atoms with Crippen molar-refractivity contribution < 1.29 is 7.86 Å². The van der Waals surface area contributed by atoms with E-state index < -0.39 is 0 Å². The van der Waals surface area contributed by atoms with Crippen LogP contribution in [0.15, 0.2) is 0 Å². The van der Waals surface area contributed by atoms with Crippen LogP contribution in [0.4, 0.5) is 0 Å². The number of alkyl halides is 2. The Hall–Kier alpha value is 1.16. The Labute approximate surface area is 97.4 Å². The summed E-state index contributed by atoms with van der Waals surface area (Å²) in [5.41, 5.74) is 0. The van der Waals surface area contributed by atoms with Crippen molar-refractivity contribution in [1.82, 2.24) is 0 Å². The van der Waals surface area contributed by atoms with Gasteiger partial charge in [-0.25, -0.2) is 0 Å². The molecule has 0 amide bonds. The largest absolute Gasteiger partial charge is 0.394 e. The van der Waals surface area contributed by atoms with Crippen LogP contribution in [0.25, 0.3) is 0 Å². The van der Waals surface area contributed by atoms with Crippen LogP contribution in [0.1, 0.15) is 26.2 Å². The van der Waals surface area contributed by atoms with E-state index in [0.717, 1.165) is 12.8 Å². The van der Waals surface area contributed by atoms with Gasteiger partial charge < -0.3 is 3.07 Å². The minimum absolute atomic E-state index is 0.106. The van der Waals surface area contributed by atoms with Gasteiger partial charge in [-0.15, -0.1) is 0 Å². The molecular formula is C6H9Br2IO2. The Bertz CT molecular complexity index is 139. The van der Waals surface area contributed by atoms with E-state index in [1.54, 1.807) is 23.0 Å². The van der Waals surface area contributed by atoms with Crippen molar-refractivity contribution in [2.75, 3.05) is 0 Å². The molecule has 0 saturated carbocycles. The summed E-state index contributed by atoms with van der Waals surface area (Å²) in [7, 11) is 0. The topological polar surface area (TPSA) is 26.3 Å². The molecule has 2 nitrogen and oxygen atoms in total. The molecule has 0 N–H and O–H groups in total. The number of hydrogen-bond donors (Lipinski definition) is 0. The molecule has 0 bridgehead atoms. The second kappa shape index (κ2) is 5.75. The first kappa shape index (κ1) is 12.2. The van der Waals surface area contributed by atoms with Gasteiger partial charge in [0.05, 0.1) is 3.23 Å². The molecule has 0 aromatic rings. The zero-order chi connectivity index (χ0) is 8.91. The van der Waals surface area contributed by atoms with Crippen LogP contribution >= 0.6 is 54.9 Å². The van der Waals surface area contributed by atoms with Crippen LogP contribution in [0.5, 0.6) is 0 Å². The highest BCUT2D eigenvalue weighted by Gasteiger charge is 2.21. The summed E-state index contributed by atoms with van der Waals surface area (Å²) in [6.45, 7) is 2.04. The number of carbonyl (C=O) groups is 1. The number of rotatable bonds is 4. The highest BCUT2D eigenvalue weighted by atomic mass is 127. The highest BCUT2D eigenvalue weighted by molar-refractivity contribution is 14.1. The van der Waals surface area contributed by atoms with Gasteiger partial charge >= 0.3 is 5.97 Å². The number of hydrogen-bond acceptors (Lipinski definition) is 2. The van der Waals surface area contributed by atoms with E-state index >= 15 is 0 Å². The molecule has 0 radical (unpaired) electrons. The summed E-state index contributed by atoms with van der Waals surface area (Å²) < 4.78 is 4.37. The molecule has 0 rings (SSSR count). The molecule has 0 atom stereocenters. The molecular weight excluding hydrogens is 391 g/mol. The highest BCUT2D eigenvalue weighted by Crippen LogP contribution is 2.34. The Balaban J connectivity index is 3.61. The van der Waals surface area contributed by atoms with E-state index in [2.05, 4.69) is 34.9 Å². The summed E-state index contributed by atoms with van der Waals surface area (Å²) >= 11 is 8.49. The third-order valence-electron chi connectivity index (χ3n) is 1.30. The maximum absolute atomic E-state index is 10.7. The molecule has 0 heterocycles. The molecule has 0 saturated heterocycles. The molecule has 0 fully saturated rings. The Kier molecular flexibility index (Phi) is 6.35. The molecule has 0 aliphatic rings. The molecule has 0 aliphatic heterocycles. The average molecular weight is 400 g/mol. The summed E-state index contributed by atoms with van der Waals surface area (Å²) in [6.07, 6.45) is 2.11. The van der Waals surface area contributed by atoms with E-state index in [-0.39, 0.29) is 9.20 Å². The van der Waals surface area contributed by atoms with E-state index in [9.17, 15) is 4.79 Å². The van der Waals surface area contributed by atoms with Crippen LogP contribution in [-0.2, 0) is 7.86 Å². The lowest BCUT2D eigenvalue weighted by Gasteiger charge is -2.16. The molecule has 66 valence electrons. The third kappa shape index (κ3) is 6.33. The molecule has 0 spiro atoms. The van der Waals surface area contributed by atoms with Gasteiger partial charge in [-0.05, 0) is 12.8 Å². The van der Waals surface area contributed by atoms with Crippen LogP contribution in [0, 0.1) is 0 Å². The van der Waals surface area contributed by atoms with Gasteiger partial charge in [0.25, 0.3) is 0 Å². The molecule has 0 aromatic heterocycles. The van der Waals surface area contributed by atoms with Gasteiger partial charge in [0, 0.05) is 6.42 Å². The van der Waals surface area contributed by atoms with Crippen molar-refractivity contribution in [3.05, 3.63) is 0 Å². The molecule has 0 aromatic carbocycles. The Morgan fingerprint density at radius 2 is 2.18 bits per heavy atom. The first-order valence-corrected chi connectivity index (χ1v) is 5.68. The lowest BCUT2D eigenvalue weighted by molar-refractivity contribution is -0.131. The smallest absolute Gasteiger partial charge is 0.315 e. The predicted octanol–water partition coefficient (Wildman–Crippen LogP) is 3.56. The van der Waals surface area contributed by atoms with Crippen molar-refractivity contribution in [2.45, 2.75) is 29.4 Å². The Morgan fingerprint density at radius 1 is 1.64 bits per heavy atom. The SMILES string of the molecule is CCC(Br)(Br)CCC(=O)OI. The van der Waals surface area contributed by atoms with Crippen LogP contribution in [0.2, 0.25) is 0 Å². The van der Waals surface area contributed by atoms with Gasteiger partial charge in [0.15, 0.2) is 23.0 Å². The minimum Gasteiger partial charge on any atom is -0.394 e. The second-order valence-electron chi connectivity index (χ2n) is 2.16. The van der Waals surface area contributed by atoms with Gasteiger partial charge in [-0.3, -0.25) is 4.79 Å². The predicted molar refractivity (Wildman–Crippen MR) is 60.2 cm³/mol. The third-order valence-corrected chi connectivity index (χ3v) is 3.70. The van der Waals surface area contributed by atoms with E-state index in [1.165, 1.54) is 0 Å². The van der Waals surface area contributed by atoms with Crippen LogP contribution in [-0.4, -0.2) is 9.20 Å². The fourth-order valence-corrected chi connectivity index (χ4v) is 1.12. The lowest BCUT2D eigenvalue weighted by atomic mass is 10.2. The zero-order valence-electron chi connectivity index (χ0n) is 6.07. The lowest BCUT2D eigenvalue weighted by Crippen LogP contribution is -2.11. The second-order valence-corrected chi connectivity index (χ2v) is 6.70. The van der Waals surface area contributed by atoms with Crippen molar-refractivity contribution in [2.24, 2.45) is 0 Å². The zero-order valence-corrected chi connectivity index (χ0v) is 11.4. The van der Waals surface area contributed by atoms with E-state index in [1.807, 2.05) is 6.92 Å². The first-order chi connectivity index (χ1) is 5.02. The maximum Gasteiger partial charge on any atom is 0.315 e. The quantitative estimate of drug-likeness (QED) is 0.534. The number of carbonyl (C=O) groups excluding carboxylic acids is 1. The minimum atomic E-state index is -0.178. The summed E-state index contributed by atoms with van der Waals surface area (Å²) in [6, 6.07) is 0. The van der Waals surface area contributed by atoms with Crippen LogP contribution < -0.4 is 0 Å². The fraction of sp³-hybridized carbons (Fsp3) is 0.833. The molecule has 11 heavy (non-hydrogen) atoms. The summed E-state index contributed by atoms with van der Waals surface area (Å²) in [5, 5.41) is 0. The van der Waals surface area contributed by atoms with E-state index in [0.29, 0.717) is 6.42 Å². The molecule has 0 unspecified atom stereocenters. The summed E-state index contributed by atoms with van der Waals surface area (Å²) in [4.78, 5) is 10.7. The van der Waals surface area contributed by atoms with Crippen LogP contribution in [0.3, 0.4) is 0 Å². The van der Waals surface area contributed by atoms with Gasteiger partial charge in [-0.2, -0.15) is 0 Å². The average Bonchev–Trinajstić information content (AvgIpc) is 2.00. The standard InChI is InChI=1S/C6H9Br2IO2/c1-2-6(7,8)4-3-5(10)11-9/h2-4H2,1H3.